The summed E-state index contributed by atoms with van der Waals surface area (Å²) in [6, 6.07) is 13.3. The van der Waals surface area contributed by atoms with E-state index in [4.69, 9.17) is 34.8 Å². The van der Waals surface area contributed by atoms with Crippen molar-refractivity contribution in [3.05, 3.63) is 63.1 Å². The van der Waals surface area contributed by atoms with E-state index in [-0.39, 0.29) is 17.9 Å². The lowest BCUT2D eigenvalue weighted by molar-refractivity contribution is -0.132. The molecule has 4 rings (SSSR count). The topological polar surface area (TPSA) is 69.7 Å². The standard InChI is InChI=1S/C28H36Cl3N3O3S/c1-19(2)15-28(35)33-13-11-24(12-14-33)38(36,37)32-17-20-3-10-27(25-9-6-22(30)16-26(25)31)34(18-20)23-7-4-21(29)5-8-23/h4-9,16,19-20,24,27,32H,3,10-15,17-18H2,1-2H3/t20-,27?/m0/s1. The number of benzene rings is 2. The lowest BCUT2D eigenvalue weighted by Crippen LogP contribution is -2.48. The number of anilines is 1. The van der Waals surface area contributed by atoms with Crippen molar-refractivity contribution in [3.8, 4) is 0 Å². The van der Waals surface area contributed by atoms with E-state index in [9.17, 15) is 13.2 Å². The van der Waals surface area contributed by atoms with Crippen LogP contribution in [0.3, 0.4) is 0 Å². The summed E-state index contributed by atoms with van der Waals surface area (Å²) in [7, 11) is -3.48. The first-order chi connectivity index (χ1) is 18.0. The number of nitrogens with zero attached hydrogens (tertiary/aromatic N) is 2. The Bertz CT molecular complexity index is 1220. The zero-order valence-electron chi connectivity index (χ0n) is 21.9. The first-order valence-electron chi connectivity index (χ1n) is 13.3. The predicted octanol–water partition coefficient (Wildman–Crippen LogP) is 6.56. The van der Waals surface area contributed by atoms with Crippen LogP contribution in [-0.2, 0) is 14.8 Å². The maximum Gasteiger partial charge on any atom is 0.222 e. The van der Waals surface area contributed by atoms with Gasteiger partial charge in [0.05, 0.1) is 11.3 Å². The van der Waals surface area contributed by atoms with Gasteiger partial charge in [0.2, 0.25) is 15.9 Å². The molecule has 2 aliphatic rings. The molecule has 2 aromatic rings. The van der Waals surface area contributed by atoms with E-state index in [1.54, 1.807) is 11.0 Å². The van der Waals surface area contributed by atoms with Crippen molar-refractivity contribution in [1.29, 1.82) is 0 Å². The van der Waals surface area contributed by atoms with Gasteiger partial charge in [0.25, 0.3) is 0 Å². The molecule has 0 aliphatic carbocycles. The van der Waals surface area contributed by atoms with Gasteiger partial charge in [-0.05, 0) is 79.5 Å². The Kier molecular flexibility index (Phi) is 9.91. The first kappa shape index (κ1) is 29.5. The van der Waals surface area contributed by atoms with Crippen molar-refractivity contribution in [2.75, 3.05) is 31.1 Å². The Hall–Kier alpha value is -1.51. The van der Waals surface area contributed by atoms with Gasteiger partial charge in [-0.15, -0.1) is 0 Å². The van der Waals surface area contributed by atoms with E-state index in [0.29, 0.717) is 66.4 Å². The molecule has 2 aromatic carbocycles. The van der Waals surface area contributed by atoms with Crippen LogP contribution in [0.4, 0.5) is 5.69 Å². The van der Waals surface area contributed by atoms with Crippen molar-refractivity contribution >= 4 is 56.4 Å². The van der Waals surface area contributed by atoms with E-state index in [1.807, 2.05) is 50.2 Å². The SMILES string of the molecule is CC(C)CC(=O)N1CCC(S(=O)(=O)NC[C@@H]2CCC(c3ccc(Cl)cc3Cl)N(c3ccc(Cl)cc3)C2)CC1. The fraction of sp³-hybridized carbons (Fsp3) is 0.536. The number of hydrogen-bond donors (Lipinski definition) is 1. The fourth-order valence-electron chi connectivity index (χ4n) is 5.47. The zero-order chi connectivity index (χ0) is 27.4. The summed E-state index contributed by atoms with van der Waals surface area (Å²) in [5.74, 6) is 0.544. The van der Waals surface area contributed by atoms with Gasteiger partial charge in [0.15, 0.2) is 0 Å². The number of halogens is 3. The van der Waals surface area contributed by atoms with Gasteiger partial charge in [-0.2, -0.15) is 0 Å². The highest BCUT2D eigenvalue weighted by atomic mass is 35.5. The van der Waals surface area contributed by atoms with Crippen LogP contribution < -0.4 is 9.62 Å². The summed E-state index contributed by atoms with van der Waals surface area (Å²) in [6.45, 7) is 6.08. The van der Waals surface area contributed by atoms with Crippen LogP contribution in [0.15, 0.2) is 42.5 Å². The largest absolute Gasteiger partial charge is 0.364 e. The summed E-state index contributed by atoms with van der Waals surface area (Å²) >= 11 is 18.9. The molecule has 2 aliphatic heterocycles. The van der Waals surface area contributed by atoms with Gasteiger partial charge in [0.1, 0.15) is 0 Å². The number of nitrogens with one attached hydrogen (secondary N) is 1. The Labute approximate surface area is 241 Å². The number of amides is 1. The molecule has 0 radical (unpaired) electrons. The molecule has 2 fully saturated rings. The van der Waals surface area contributed by atoms with Gasteiger partial charge in [0, 0.05) is 53.4 Å². The summed E-state index contributed by atoms with van der Waals surface area (Å²) in [4.78, 5) is 16.5. The van der Waals surface area contributed by atoms with Crippen LogP contribution in [0.25, 0.3) is 0 Å². The van der Waals surface area contributed by atoms with Gasteiger partial charge < -0.3 is 9.80 Å². The van der Waals surface area contributed by atoms with Crippen LogP contribution in [0.2, 0.25) is 15.1 Å². The molecular weight excluding hydrogens is 565 g/mol. The smallest absolute Gasteiger partial charge is 0.222 e. The molecule has 2 saturated heterocycles. The number of piperidine rings is 2. The quantitative estimate of drug-likeness (QED) is 0.373. The second kappa shape index (κ2) is 12.8. The molecule has 1 unspecified atom stereocenters. The van der Waals surface area contributed by atoms with Gasteiger partial charge in [-0.3, -0.25) is 4.79 Å². The summed E-state index contributed by atoms with van der Waals surface area (Å²) in [6.07, 6.45) is 3.13. The molecule has 208 valence electrons. The Morgan fingerprint density at radius 3 is 2.26 bits per heavy atom. The molecule has 0 saturated carbocycles. The minimum atomic E-state index is -3.48. The number of carbonyl (C=O) groups excluding carboxylic acids is 1. The third kappa shape index (κ3) is 7.36. The number of rotatable bonds is 8. The molecule has 1 amide bonds. The van der Waals surface area contributed by atoms with Crippen molar-refractivity contribution in [2.45, 2.75) is 57.2 Å². The van der Waals surface area contributed by atoms with Crippen LogP contribution >= 0.6 is 34.8 Å². The first-order valence-corrected chi connectivity index (χ1v) is 15.9. The maximum atomic E-state index is 13.2. The van der Waals surface area contributed by atoms with Crippen molar-refractivity contribution in [3.63, 3.8) is 0 Å². The lowest BCUT2D eigenvalue weighted by atomic mass is 9.88. The van der Waals surface area contributed by atoms with Crippen LogP contribution in [-0.4, -0.2) is 50.7 Å². The van der Waals surface area contributed by atoms with E-state index in [0.717, 1.165) is 24.1 Å². The van der Waals surface area contributed by atoms with Gasteiger partial charge >= 0.3 is 0 Å². The molecule has 0 aromatic heterocycles. The molecule has 10 heteroatoms. The molecule has 2 heterocycles. The molecule has 1 N–H and O–H groups in total. The molecule has 2 atom stereocenters. The fourth-order valence-corrected chi connectivity index (χ4v) is 7.67. The van der Waals surface area contributed by atoms with Crippen LogP contribution in [0.5, 0.6) is 0 Å². The van der Waals surface area contributed by atoms with E-state index in [1.165, 1.54) is 0 Å². The van der Waals surface area contributed by atoms with E-state index >= 15 is 0 Å². The van der Waals surface area contributed by atoms with Crippen LogP contribution in [0.1, 0.15) is 57.6 Å². The molecular formula is C28H36Cl3N3O3S. The van der Waals surface area contributed by atoms with Crippen LogP contribution in [0, 0.1) is 11.8 Å². The molecule has 38 heavy (non-hydrogen) atoms. The second-order valence-electron chi connectivity index (χ2n) is 10.8. The molecule has 6 nitrogen and oxygen atoms in total. The number of sulfonamides is 1. The Morgan fingerprint density at radius 1 is 0.974 bits per heavy atom. The van der Waals surface area contributed by atoms with Gasteiger partial charge in [-0.1, -0.05) is 54.7 Å². The average Bonchev–Trinajstić information content (AvgIpc) is 2.88. The normalized spacial score (nSPS) is 21.2. The monoisotopic (exact) mass is 599 g/mol. The van der Waals surface area contributed by atoms with Crippen molar-refractivity contribution < 1.29 is 13.2 Å². The van der Waals surface area contributed by atoms with Crippen molar-refractivity contribution in [2.24, 2.45) is 11.8 Å². The summed E-state index contributed by atoms with van der Waals surface area (Å²) in [5.41, 5.74) is 2.01. The molecule has 0 spiro atoms. The third-order valence-electron chi connectivity index (χ3n) is 7.55. The highest BCUT2D eigenvalue weighted by molar-refractivity contribution is 7.90. The third-order valence-corrected chi connectivity index (χ3v) is 10.3. The summed E-state index contributed by atoms with van der Waals surface area (Å²) in [5, 5.41) is 1.41. The molecule has 0 bridgehead atoms. The van der Waals surface area contributed by atoms with E-state index < -0.39 is 15.3 Å². The lowest BCUT2D eigenvalue weighted by Gasteiger charge is -2.42. The Morgan fingerprint density at radius 2 is 1.63 bits per heavy atom. The van der Waals surface area contributed by atoms with Gasteiger partial charge in [-0.25, -0.2) is 13.1 Å². The highest BCUT2D eigenvalue weighted by Gasteiger charge is 2.34. The zero-order valence-corrected chi connectivity index (χ0v) is 25.0. The van der Waals surface area contributed by atoms with E-state index in [2.05, 4.69) is 9.62 Å². The number of hydrogen-bond acceptors (Lipinski definition) is 4. The minimum Gasteiger partial charge on any atom is -0.364 e. The Balaban J connectivity index is 1.40. The predicted molar refractivity (Wildman–Crippen MR) is 157 cm³/mol. The highest BCUT2D eigenvalue weighted by Crippen LogP contribution is 2.40. The second-order valence-corrected chi connectivity index (χ2v) is 14.2. The average molecular weight is 601 g/mol. The maximum absolute atomic E-state index is 13.2. The number of carbonyl (C=O) groups is 1. The van der Waals surface area contributed by atoms with Crippen molar-refractivity contribution in [1.82, 2.24) is 9.62 Å². The summed E-state index contributed by atoms with van der Waals surface area (Å²) < 4.78 is 29.2. The minimum absolute atomic E-state index is 0.0431. The number of likely N-dealkylation sites (tertiary alicyclic amines) is 1.